The molecule has 0 aromatic heterocycles. The fourth-order valence-electron chi connectivity index (χ4n) is 0. The maximum Gasteiger partial charge on any atom is 0.309 e. The third kappa shape index (κ3) is 52.7. The molecule has 2 amide bonds. The van der Waals surface area contributed by atoms with Crippen molar-refractivity contribution in [3.63, 3.8) is 0 Å². The molecule has 0 aliphatic heterocycles. The van der Waals surface area contributed by atoms with Gasteiger partial charge in [0, 0.05) is 0 Å². The summed E-state index contributed by atoms with van der Waals surface area (Å²) in [4.78, 5) is 9.00. The van der Waals surface area contributed by atoms with E-state index in [0.29, 0.717) is 5.12 Å². The fourth-order valence-corrected chi connectivity index (χ4v) is 0. The number of carbonyl (C=O) groups is 1. The topological polar surface area (TPSA) is 174 Å². The Hall–Kier alpha value is -1.25. The van der Waals surface area contributed by atoms with Crippen molar-refractivity contribution in [2.75, 3.05) is 0 Å². The molecule has 0 aromatic rings. The highest BCUT2D eigenvalue weighted by molar-refractivity contribution is 5.85. The smallest absolute Gasteiger partial charge is 0.309 e. The van der Waals surface area contributed by atoms with Crippen molar-refractivity contribution >= 4 is 24.4 Å². The van der Waals surface area contributed by atoms with Gasteiger partial charge in [-0.3, -0.25) is 5.41 Å². The summed E-state index contributed by atoms with van der Waals surface area (Å²) in [6, 6.07) is -0.833. The predicted molar refractivity (Wildman–Crippen MR) is 43.1 cm³/mol. The second-order valence-electron chi connectivity index (χ2n) is 1.19. The molecular weight excluding hydrogens is 174 g/mol. The maximum absolute atomic E-state index is 9.00. The number of guanidine groups is 1. The van der Waals surface area contributed by atoms with Crippen molar-refractivity contribution in [1.29, 1.82) is 5.41 Å². The molecule has 11 N–H and O–H groups in total. The number of carbonyl (C=O) groups excluding carboxylic acids is 1. The van der Waals surface area contributed by atoms with E-state index in [2.05, 4.69) is 11.5 Å². The van der Waals surface area contributed by atoms with Crippen molar-refractivity contribution in [1.82, 2.24) is 5.12 Å². The van der Waals surface area contributed by atoms with Gasteiger partial charge in [0.2, 0.25) is 5.96 Å². The Kier molecular flexibility index (Phi) is 13.0. The van der Waals surface area contributed by atoms with Gasteiger partial charge in [-0.1, -0.05) is 0 Å². The highest BCUT2D eigenvalue weighted by Crippen LogP contribution is 1.48. The van der Waals surface area contributed by atoms with E-state index in [9.17, 15) is 0 Å². The lowest BCUT2D eigenvalue weighted by Gasteiger charge is -2.04. The number of primary amides is 2. The molecule has 68 valence electrons. The van der Waals surface area contributed by atoms with E-state index >= 15 is 0 Å². The second kappa shape index (κ2) is 8.75. The Labute approximate surface area is 69.5 Å². The molecule has 0 atom stereocenters. The lowest BCUT2D eigenvalue weighted by atomic mass is 11.1. The summed E-state index contributed by atoms with van der Waals surface area (Å²) in [5, 5.41) is 6.93. The molecule has 0 aromatic carbocycles. The van der Waals surface area contributed by atoms with Gasteiger partial charge in [0.1, 0.15) is 0 Å². The normalized spacial score (nSPS) is 6.36. The molecule has 0 saturated heterocycles. The summed E-state index contributed by atoms with van der Waals surface area (Å²) in [7, 11) is 0. The average molecular weight is 186 g/mol. The van der Waals surface area contributed by atoms with Crippen molar-refractivity contribution in [3.8, 4) is 0 Å². The zero-order chi connectivity index (χ0) is 8.73. The van der Waals surface area contributed by atoms with Crippen molar-refractivity contribution in [2.45, 2.75) is 0 Å². The number of nitrogens with two attached hydrogens (primary N) is 5. The van der Waals surface area contributed by atoms with Crippen LogP contribution in [0.1, 0.15) is 0 Å². The van der Waals surface area contributed by atoms with Crippen molar-refractivity contribution in [2.24, 2.45) is 28.9 Å². The van der Waals surface area contributed by atoms with Gasteiger partial charge in [-0.05, 0) is 0 Å². The first-order valence-corrected chi connectivity index (χ1v) is 2.06. The highest BCUT2D eigenvalue weighted by Gasteiger charge is 1.84. The van der Waals surface area contributed by atoms with Crippen LogP contribution in [-0.2, 0) is 0 Å². The van der Waals surface area contributed by atoms with Gasteiger partial charge in [0.25, 0.3) is 0 Å². The van der Waals surface area contributed by atoms with Gasteiger partial charge in [-0.15, -0.1) is 12.4 Å². The Bertz CT molecular complexity index is 120. The molecular formula is C2H12ClN7O. The van der Waals surface area contributed by atoms with Crippen LogP contribution in [0, 0.1) is 5.41 Å². The Balaban J connectivity index is -0.000000114. The van der Waals surface area contributed by atoms with E-state index < -0.39 is 6.03 Å². The predicted octanol–water partition coefficient (Wildman–Crippen LogP) is -2.63. The van der Waals surface area contributed by atoms with E-state index in [4.69, 9.17) is 27.6 Å². The minimum atomic E-state index is -0.833. The van der Waals surface area contributed by atoms with Crippen molar-refractivity contribution in [3.05, 3.63) is 0 Å². The minimum Gasteiger partial charge on any atom is -0.368 e. The molecule has 0 aliphatic rings. The average Bonchev–Trinajstić information content (AvgIpc) is 1.63. The minimum absolute atomic E-state index is 0. The molecule has 0 bridgehead atoms. The lowest BCUT2D eigenvalue weighted by molar-refractivity contribution is 0.256. The third-order valence-electron chi connectivity index (χ3n) is 0.278. The van der Waals surface area contributed by atoms with Crippen LogP contribution in [-0.4, -0.2) is 17.1 Å². The monoisotopic (exact) mass is 185 g/mol. The Morgan fingerprint density at radius 3 is 1.27 bits per heavy atom. The zero-order valence-electron chi connectivity index (χ0n) is 5.65. The second-order valence-corrected chi connectivity index (χ2v) is 1.19. The third-order valence-corrected chi connectivity index (χ3v) is 0.278. The standard InChI is InChI=1S/CH7N5.CH4N2O.ClH/c2-1(3)6(4)5;2-1(3)4;/h4-5H2,(H3,2,3);(H4,2,3,4);1H. The van der Waals surface area contributed by atoms with Gasteiger partial charge in [0.15, 0.2) is 0 Å². The fraction of sp³-hybridized carbons (Fsp3) is 0. The number of rotatable bonds is 0. The molecule has 0 unspecified atom stereocenters. The van der Waals surface area contributed by atoms with E-state index in [1.54, 1.807) is 0 Å². The summed E-state index contributed by atoms with van der Waals surface area (Å²) in [6.07, 6.45) is 0. The van der Waals surface area contributed by atoms with Crippen LogP contribution in [0.4, 0.5) is 4.79 Å². The van der Waals surface area contributed by atoms with Crippen LogP contribution in [0.25, 0.3) is 0 Å². The summed E-state index contributed by atoms with van der Waals surface area (Å²) in [6.45, 7) is 0. The maximum atomic E-state index is 9.00. The van der Waals surface area contributed by atoms with Crippen LogP contribution in [0.15, 0.2) is 0 Å². The summed E-state index contributed by atoms with van der Waals surface area (Å²) in [5.74, 6) is 9.04. The largest absolute Gasteiger partial charge is 0.368 e. The molecule has 0 spiro atoms. The van der Waals surface area contributed by atoms with Gasteiger partial charge >= 0.3 is 6.03 Å². The van der Waals surface area contributed by atoms with Gasteiger partial charge in [0.05, 0.1) is 0 Å². The van der Waals surface area contributed by atoms with Gasteiger partial charge < -0.3 is 17.2 Å². The van der Waals surface area contributed by atoms with Crippen LogP contribution >= 0.6 is 12.4 Å². The molecule has 0 saturated carbocycles. The number of nitrogens with zero attached hydrogens (tertiary/aromatic N) is 1. The van der Waals surface area contributed by atoms with E-state index in [1.165, 1.54) is 0 Å². The van der Waals surface area contributed by atoms with Crippen LogP contribution in [0.2, 0.25) is 0 Å². The first-order chi connectivity index (χ1) is 4.37. The molecule has 0 heterocycles. The zero-order valence-corrected chi connectivity index (χ0v) is 6.47. The SMILES string of the molecule is Cl.N=C(N)N(N)N.NC(N)=O. The number of urea groups is 1. The first-order valence-electron chi connectivity index (χ1n) is 2.06. The Morgan fingerprint density at radius 2 is 1.27 bits per heavy atom. The summed E-state index contributed by atoms with van der Waals surface area (Å²) in [5.41, 5.74) is 13.2. The quantitative estimate of drug-likeness (QED) is 0.105. The molecule has 0 rings (SSSR count). The molecule has 11 heavy (non-hydrogen) atoms. The van der Waals surface area contributed by atoms with E-state index in [-0.39, 0.29) is 18.4 Å². The van der Waals surface area contributed by atoms with E-state index in [0.717, 1.165) is 0 Å². The number of hydrazine groups is 2. The molecule has 0 radical (unpaired) electrons. The molecule has 0 fully saturated rings. The van der Waals surface area contributed by atoms with Gasteiger partial charge in [-0.25, -0.2) is 21.6 Å². The number of nitrogens with one attached hydrogen (secondary N) is 1. The van der Waals surface area contributed by atoms with Crippen LogP contribution in [0.5, 0.6) is 0 Å². The number of hydrogen-bond donors (Lipinski definition) is 6. The van der Waals surface area contributed by atoms with Gasteiger partial charge in [-0.2, -0.15) is 0 Å². The lowest BCUT2D eigenvalue weighted by Crippen LogP contribution is -2.47. The number of hydrogen-bond acceptors (Lipinski definition) is 4. The van der Waals surface area contributed by atoms with Crippen LogP contribution in [0.3, 0.4) is 0 Å². The van der Waals surface area contributed by atoms with Crippen molar-refractivity contribution < 1.29 is 4.79 Å². The molecule has 0 aliphatic carbocycles. The van der Waals surface area contributed by atoms with Crippen LogP contribution < -0.4 is 28.9 Å². The molecule has 9 heteroatoms. The first kappa shape index (κ1) is 16.4. The number of halogens is 1. The Morgan fingerprint density at radius 1 is 1.18 bits per heavy atom. The number of amides is 2. The summed E-state index contributed by atoms with van der Waals surface area (Å²) >= 11 is 0. The summed E-state index contributed by atoms with van der Waals surface area (Å²) < 4.78 is 0. The van der Waals surface area contributed by atoms with E-state index in [1.807, 2.05) is 0 Å². The molecule has 8 nitrogen and oxygen atoms in total. The highest BCUT2D eigenvalue weighted by atomic mass is 35.5.